The molecule has 0 aromatic heterocycles. The number of nitrogens with two attached hydrogens (primary N) is 5. The van der Waals surface area contributed by atoms with Crippen molar-refractivity contribution >= 4 is 89.1 Å². The van der Waals surface area contributed by atoms with E-state index >= 15 is 0 Å². The third-order valence-electron chi connectivity index (χ3n) is 18.6. The van der Waals surface area contributed by atoms with E-state index in [0.29, 0.717) is 74.3 Å². The normalized spacial score (nSPS) is 12.1. The van der Waals surface area contributed by atoms with Gasteiger partial charge in [0.15, 0.2) is 0 Å². The lowest BCUT2D eigenvalue weighted by Gasteiger charge is -2.20. The number of amides is 6. The Kier molecular flexibility index (Phi) is 57.0. The highest BCUT2D eigenvalue weighted by Gasteiger charge is 2.25. The van der Waals surface area contributed by atoms with E-state index in [1.54, 1.807) is 6.82 Å². The molecule has 0 aliphatic carbocycles. The van der Waals surface area contributed by atoms with Crippen LogP contribution in [-0.2, 0) is 38.2 Å². The monoisotopic (exact) mass is 1510 g/mol. The Bertz CT molecular complexity index is 2900. The van der Waals surface area contributed by atoms with Crippen molar-refractivity contribution in [2.75, 3.05) is 76.3 Å². The minimum Gasteiger partial charge on any atom is -0.478 e. The smallest absolute Gasteiger partial charge is 0.373 e. The van der Waals surface area contributed by atoms with Crippen LogP contribution in [-0.4, -0.2) is 169 Å². The summed E-state index contributed by atoms with van der Waals surface area (Å²) in [6, 6.07) is 7.00. The second kappa shape index (κ2) is 62.5. The Labute approximate surface area is 640 Å². The van der Waals surface area contributed by atoms with Gasteiger partial charge < -0.3 is 67.6 Å². The molecule has 0 bridgehead atoms. The molecule has 2 unspecified atom stereocenters. The van der Waals surface area contributed by atoms with Crippen molar-refractivity contribution in [3.8, 4) is 0 Å². The number of nitrogens with zero attached hydrogens (tertiary/aromatic N) is 2. The second-order valence-corrected chi connectivity index (χ2v) is 28.7. The van der Waals surface area contributed by atoms with E-state index in [1.165, 1.54) is 213 Å². The highest BCUT2D eigenvalue weighted by Crippen LogP contribution is 2.28. The average molecular weight is 1510 g/mol. The fourth-order valence-corrected chi connectivity index (χ4v) is 12.4. The molecule has 6 amide bonds. The molecule has 0 saturated carbocycles. The number of carbonyl (C=O) groups excluding carboxylic acids is 6. The zero-order valence-electron chi connectivity index (χ0n) is 66.6. The van der Waals surface area contributed by atoms with Gasteiger partial charge in [-0.2, -0.15) is 0 Å². The first-order valence-electron chi connectivity index (χ1n) is 40.4. The Balaban J connectivity index is 0.00000107. The minimum absolute atomic E-state index is 0.0102. The first-order valence-corrected chi connectivity index (χ1v) is 40.4. The summed E-state index contributed by atoms with van der Waals surface area (Å²) in [4.78, 5) is 98.7. The highest BCUT2D eigenvalue weighted by molar-refractivity contribution is 6.45. The third-order valence-corrected chi connectivity index (χ3v) is 18.6. The van der Waals surface area contributed by atoms with Crippen LogP contribution in [0.15, 0.2) is 36.4 Å². The number of ether oxygens (including phenoxy) is 2. The number of hydrogen-bond donors (Lipinski definition) is 15. The van der Waals surface area contributed by atoms with E-state index < -0.39 is 31.1 Å². The number of unbranched alkanes of at least 4 members (excludes halogenated alkanes) is 26. The molecule has 0 aliphatic rings. The van der Waals surface area contributed by atoms with Gasteiger partial charge in [-0.05, 0) is 120 Å². The van der Waals surface area contributed by atoms with Crippen molar-refractivity contribution in [1.82, 2.24) is 26.5 Å². The number of guanidine groups is 2. The van der Waals surface area contributed by atoms with Crippen molar-refractivity contribution in [3.05, 3.63) is 47.5 Å². The quantitative estimate of drug-likeness (QED) is 0.00961. The lowest BCUT2D eigenvalue weighted by atomic mass is 9.89. The van der Waals surface area contributed by atoms with Crippen LogP contribution < -0.4 is 65.8 Å². The van der Waals surface area contributed by atoms with Crippen LogP contribution in [0, 0.1) is 11.8 Å². The fourth-order valence-electron chi connectivity index (χ4n) is 12.4. The number of benzene rings is 2. The van der Waals surface area contributed by atoms with Crippen molar-refractivity contribution in [1.29, 1.82) is 0 Å². The Morgan fingerprint density at radius 1 is 0.467 bits per heavy atom. The SMILES string of the molecule is CCCCCCCCCCCCCCCC(C)CNC(=O)[C@H](CCCCN)NC(=O)CCOCC[N+](=C(N)N)c1cc(C(=O)O)ccc1NC(C)=O.CCCCCCCCCCCCCCCC(C)CNC(=O)[C@H](CCCCNB(C)O)NC(=O)CCOCC[N+](=C(N)N)c1cc(C(=O)O)ccc1NC(C)=O. The average Bonchev–Trinajstić information content (AvgIpc) is 0.825. The van der Waals surface area contributed by atoms with Crippen LogP contribution >= 0.6 is 0 Å². The maximum Gasteiger partial charge on any atom is 0.373 e. The molecule has 0 heterocycles. The topological polar surface area (TPSA) is 436 Å². The molecule has 107 heavy (non-hydrogen) atoms. The van der Waals surface area contributed by atoms with E-state index in [1.807, 2.05) is 0 Å². The van der Waals surface area contributed by atoms with Gasteiger partial charge in [-0.25, -0.2) is 18.7 Å². The standard InChI is InChI=1S/C40H72BN7O7.C39H69N7O6/c1-5-6-7-8-9-10-11-12-13-14-15-16-17-20-31(2)30-44-38(51)35(21-18-19-25-45-41(4)54)47-37(50)24-27-55-28-26-48(40(42)43)36-29-33(39(52)53)22-23-34(36)46-32(3)49;1-4-5-6-7-8-9-10-11-12-13-14-15-16-19-30(2)29-43-37(49)34(20-17-18-24-40)45-36(48)23-26-52-27-25-46(39(41)42)35-28-32(38(50)51)21-22-33(35)44-31(3)47/h22-23,29,31,35,45,54H,5-21,24-28,30H2,1-4H3,(H7,42,43,44,46,47,49,50,51,52,53);21-22,28,30,34H,4-20,23-27,29,40H2,1-3H3,(H7,41,42,43,44,45,47,48,49,50,51)/p+2/t31?,35-;30?,34-/m00/s1. The highest BCUT2D eigenvalue weighted by atomic mass is 16.5. The molecule has 0 aliphatic heterocycles. The summed E-state index contributed by atoms with van der Waals surface area (Å²) in [7, 11) is -0.615. The van der Waals surface area contributed by atoms with Crippen molar-refractivity contribution < 1.29 is 72.2 Å². The molecule has 4 atom stereocenters. The van der Waals surface area contributed by atoms with Gasteiger partial charge in [0.05, 0.1) is 62.0 Å². The number of anilines is 2. The summed E-state index contributed by atoms with van der Waals surface area (Å²) in [5.74, 6) is -3.62. The first-order chi connectivity index (χ1) is 51.3. The summed E-state index contributed by atoms with van der Waals surface area (Å²) >= 11 is 0. The van der Waals surface area contributed by atoms with Crippen LogP contribution in [0.1, 0.15) is 293 Å². The largest absolute Gasteiger partial charge is 0.478 e. The minimum atomic E-state index is -1.16. The third kappa shape index (κ3) is 50.0. The first kappa shape index (κ1) is 97.6. The van der Waals surface area contributed by atoms with Crippen LogP contribution in [0.3, 0.4) is 0 Å². The van der Waals surface area contributed by atoms with Crippen LogP contribution in [0.4, 0.5) is 22.7 Å². The molecule has 2 rings (SSSR count). The predicted octanol–water partition coefficient (Wildman–Crippen LogP) is 10.8. The maximum absolute atomic E-state index is 13.2. The van der Waals surface area contributed by atoms with E-state index in [9.17, 15) is 53.6 Å². The predicted molar refractivity (Wildman–Crippen MR) is 430 cm³/mol. The van der Waals surface area contributed by atoms with Gasteiger partial charge in [0.2, 0.25) is 35.4 Å². The van der Waals surface area contributed by atoms with Gasteiger partial charge in [-0.1, -0.05) is 195 Å². The molecule has 2 aromatic rings. The molecule has 0 fully saturated rings. The van der Waals surface area contributed by atoms with Gasteiger partial charge in [-0.15, -0.1) is 0 Å². The lowest BCUT2D eigenvalue weighted by Crippen LogP contribution is -2.47. The van der Waals surface area contributed by atoms with Crippen LogP contribution in [0.5, 0.6) is 0 Å². The molecule has 27 nitrogen and oxygen atoms in total. The van der Waals surface area contributed by atoms with Gasteiger partial charge in [0.1, 0.15) is 23.5 Å². The summed E-state index contributed by atoms with van der Waals surface area (Å²) in [5.41, 5.74) is 30.5. The number of carboxylic acid groups (broad SMARTS) is 2. The van der Waals surface area contributed by atoms with Gasteiger partial charge in [0.25, 0.3) is 0 Å². The van der Waals surface area contributed by atoms with Gasteiger partial charge >= 0.3 is 30.9 Å². The Morgan fingerprint density at radius 3 is 1.10 bits per heavy atom. The Morgan fingerprint density at radius 2 is 0.794 bits per heavy atom. The van der Waals surface area contributed by atoms with E-state index in [-0.39, 0.29) is 117 Å². The maximum atomic E-state index is 13.2. The number of carbonyl (C=O) groups is 8. The van der Waals surface area contributed by atoms with Crippen molar-refractivity contribution in [2.45, 2.75) is 292 Å². The Hall–Kier alpha value is -7.40. The molecule has 20 N–H and O–H groups in total. The molecule has 2 aromatic carbocycles. The van der Waals surface area contributed by atoms with Crippen molar-refractivity contribution in [2.24, 2.45) is 40.5 Å². The summed E-state index contributed by atoms with van der Waals surface area (Å²) in [5, 5.41) is 48.5. The van der Waals surface area contributed by atoms with E-state index in [4.69, 9.17) is 38.1 Å². The molecular weight excluding hydrogens is 1360 g/mol. The van der Waals surface area contributed by atoms with Crippen LogP contribution in [0.2, 0.25) is 6.82 Å². The summed E-state index contributed by atoms with van der Waals surface area (Å²) in [6.45, 7) is 15.9. The van der Waals surface area contributed by atoms with Crippen molar-refractivity contribution in [3.63, 3.8) is 0 Å². The summed E-state index contributed by atoms with van der Waals surface area (Å²) < 4.78 is 14.2. The second-order valence-electron chi connectivity index (χ2n) is 28.7. The zero-order valence-corrected chi connectivity index (χ0v) is 66.6. The fraction of sp³-hybridized carbons (Fsp3) is 0.722. The number of aromatic carboxylic acids is 2. The number of hydrogen-bond acceptors (Lipinski definition) is 13. The number of carboxylic acids is 2. The molecule has 608 valence electrons. The van der Waals surface area contributed by atoms with Gasteiger partial charge in [0, 0.05) is 39.8 Å². The van der Waals surface area contributed by atoms with E-state index in [2.05, 4.69) is 64.8 Å². The van der Waals surface area contributed by atoms with Crippen LogP contribution in [0.25, 0.3) is 0 Å². The van der Waals surface area contributed by atoms with Gasteiger partial charge in [-0.3, -0.25) is 51.7 Å². The molecule has 0 saturated heterocycles. The number of rotatable bonds is 64. The lowest BCUT2D eigenvalue weighted by molar-refractivity contribution is -0.446. The molecule has 0 radical (unpaired) electrons. The molecular formula is C79H143BN14O13+2. The molecule has 28 heteroatoms. The van der Waals surface area contributed by atoms with E-state index in [0.717, 1.165) is 44.9 Å². The zero-order chi connectivity index (χ0) is 79.4. The summed E-state index contributed by atoms with van der Waals surface area (Å²) in [6.07, 6.45) is 40.3. The molecule has 0 spiro atoms. The number of nitrogens with one attached hydrogen (secondary N) is 7.